The van der Waals surface area contributed by atoms with Crippen LogP contribution in [-0.4, -0.2) is 36.0 Å². The predicted octanol–water partition coefficient (Wildman–Crippen LogP) is 2.70. The average Bonchev–Trinajstić information content (AvgIpc) is 3.16. The molecule has 22 heavy (non-hydrogen) atoms. The molecule has 1 saturated heterocycles. The molecule has 1 fully saturated rings. The van der Waals surface area contributed by atoms with E-state index in [4.69, 9.17) is 9.15 Å². The minimum absolute atomic E-state index is 0.0489. The van der Waals surface area contributed by atoms with Gasteiger partial charge in [-0.15, -0.1) is 0 Å². The van der Waals surface area contributed by atoms with Crippen LogP contribution in [0.4, 0.5) is 0 Å². The van der Waals surface area contributed by atoms with Crippen molar-refractivity contribution >= 4 is 5.91 Å². The van der Waals surface area contributed by atoms with Crippen LogP contribution in [0.3, 0.4) is 0 Å². The average molecular weight is 300 g/mol. The van der Waals surface area contributed by atoms with Crippen LogP contribution in [0.2, 0.25) is 0 Å². The number of hydrogen-bond acceptors (Lipinski definition) is 4. The molecule has 1 aromatic carbocycles. The lowest BCUT2D eigenvalue weighted by atomic mass is 9.99. The highest BCUT2D eigenvalue weighted by Crippen LogP contribution is 2.24. The third-order valence-electron chi connectivity index (χ3n) is 4.20. The van der Waals surface area contributed by atoms with Gasteiger partial charge >= 0.3 is 0 Å². The Morgan fingerprint density at radius 1 is 1.41 bits per heavy atom. The number of benzene rings is 1. The monoisotopic (exact) mass is 300 g/mol. The van der Waals surface area contributed by atoms with Crippen LogP contribution in [0.5, 0.6) is 5.75 Å². The summed E-state index contributed by atoms with van der Waals surface area (Å²) in [7, 11) is 1.67. The van der Waals surface area contributed by atoms with Crippen LogP contribution in [0.15, 0.2) is 35.1 Å². The summed E-state index contributed by atoms with van der Waals surface area (Å²) in [5, 5.41) is 0. The van der Waals surface area contributed by atoms with E-state index in [1.165, 1.54) is 12.0 Å². The SMILES string of the molecule is COc1ccc(CC2CCN(C(=O)c3ocnc3C)C2)cc1. The van der Waals surface area contributed by atoms with E-state index in [1.807, 2.05) is 17.0 Å². The number of carbonyl (C=O) groups excluding carboxylic acids is 1. The van der Waals surface area contributed by atoms with Crippen LogP contribution >= 0.6 is 0 Å². The topological polar surface area (TPSA) is 55.6 Å². The third kappa shape index (κ3) is 2.98. The molecule has 1 aliphatic heterocycles. The molecular weight excluding hydrogens is 280 g/mol. The van der Waals surface area contributed by atoms with Crippen molar-refractivity contribution in [3.05, 3.63) is 47.7 Å². The van der Waals surface area contributed by atoms with Crippen LogP contribution < -0.4 is 4.74 Å². The summed E-state index contributed by atoms with van der Waals surface area (Å²) in [6.45, 7) is 3.34. The maximum absolute atomic E-state index is 12.4. The van der Waals surface area contributed by atoms with Crippen molar-refractivity contribution in [2.75, 3.05) is 20.2 Å². The maximum Gasteiger partial charge on any atom is 0.291 e. The van der Waals surface area contributed by atoms with Gasteiger partial charge in [0.2, 0.25) is 5.76 Å². The van der Waals surface area contributed by atoms with Crippen molar-refractivity contribution in [2.24, 2.45) is 5.92 Å². The molecular formula is C17H20N2O3. The Bertz CT molecular complexity index is 648. The van der Waals surface area contributed by atoms with Gasteiger partial charge in [-0.25, -0.2) is 4.98 Å². The van der Waals surface area contributed by atoms with E-state index in [0.29, 0.717) is 17.4 Å². The molecule has 1 aliphatic rings. The molecule has 2 aromatic rings. The Kier molecular flexibility index (Phi) is 4.13. The number of hydrogen-bond donors (Lipinski definition) is 0. The fraction of sp³-hybridized carbons (Fsp3) is 0.412. The first-order valence-corrected chi connectivity index (χ1v) is 7.49. The molecule has 1 unspecified atom stereocenters. The minimum Gasteiger partial charge on any atom is -0.497 e. The van der Waals surface area contributed by atoms with Crippen LogP contribution in [0.25, 0.3) is 0 Å². The van der Waals surface area contributed by atoms with E-state index in [0.717, 1.165) is 31.7 Å². The Hall–Kier alpha value is -2.30. The molecule has 0 aliphatic carbocycles. The van der Waals surface area contributed by atoms with Crippen molar-refractivity contribution in [2.45, 2.75) is 19.8 Å². The zero-order chi connectivity index (χ0) is 15.5. The number of aryl methyl sites for hydroxylation is 1. The number of oxazole rings is 1. The van der Waals surface area contributed by atoms with Crippen molar-refractivity contribution < 1.29 is 13.9 Å². The highest BCUT2D eigenvalue weighted by Gasteiger charge is 2.29. The summed E-state index contributed by atoms with van der Waals surface area (Å²) in [5.41, 5.74) is 1.93. The molecule has 1 aromatic heterocycles. The van der Waals surface area contributed by atoms with Gasteiger partial charge in [0.15, 0.2) is 6.39 Å². The molecule has 3 rings (SSSR count). The quantitative estimate of drug-likeness (QED) is 0.871. The number of rotatable bonds is 4. The summed E-state index contributed by atoms with van der Waals surface area (Å²) in [6.07, 6.45) is 3.32. The van der Waals surface area contributed by atoms with E-state index in [-0.39, 0.29) is 5.91 Å². The lowest BCUT2D eigenvalue weighted by Gasteiger charge is -2.15. The smallest absolute Gasteiger partial charge is 0.291 e. The van der Waals surface area contributed by atoms with Crippen molar-refractivity contribution in [1.29, 1.82) is 0 Å². The van der Waals surface area contributed by atoms with Crippen LogP contribution in [-0.2, 0) is 6.42 Å². The Morgan fingerprint density at radius 3 is 2.82 bits per heavy atom. The fourth-order valence-electron chi connectivity index (χ4n) is 2.93. The van der Waals surface area contributed by atoms with E-state index in [1.54, 1.807) is 14.0 Å². The van der Waals surface area contributed by atoms with Gasteiger partial charge in [0.25, 0.3) is 5.91 Å². The first kappa shape index (κ1) is 14.6. The number of carbonyl (C=O) groups is 1. The second-order valence-electron chi connectivity index (χ2n) is 5.72. The Morgan fingerprint density at radius 2 is 2.18 bits per heavy atom. The molecule has 0 saturated carbocycles. The van der Waals surface area contributed by atoms with Gasteiger partial charge in [0.1, 0.15) is 5.75 Å². The van der Waals surface area contributed by atoms with Gasteiger partial charge in [0, 0.05) is 13.1 Å². The second-order valence-corrected chi connectivity index (χ2v) is 5.72. The second kappa shape index (κ2) is 6.22. The Balaban J connectivity index is 1.60. The van der Waals surface area contributed by atoms with Crippen LogP contribution in [0.1, 0.15) is 28.2 Å². The zero-order valence-corrected chi connectivity index (χ0v) is 12.9. The van der Waals surface area contributed by atoms with Gasteiger partial charge in [-0.3, -0.25) is 4.79 Å². The highest BCUT2D eigenvalue weighted by molar-refractivity contribution is 5.92. The lowest BCUT2D eigenvalue weighted by molar-refractivity contribution is 0.0754. The lowest BCUT2D eigenvalue weighted by Crippen LogP contribution is -2.29. The summed E-state index contributed by atoms with van der Waals surface area (Å²) < 4.78 is 10.4. The van der Waals surface area contributed by atoms with E-state index in [9.17, 15) is 4.79 Å². The number of amides is 1. The molecule has 5 heteroatoms. The summed E-state index contributed by atoms with van der Waals surface area (Å²) >= 11 is 0. The van der Waals surface area contributed by atoms with Crippen molar-refractivity contribution in [3.8, 4) is 5.75 Å². The normalized spacial score (nSPS) is 17.7. The molecule has 5 nitrogen and oxygen atoms in total. The molecule has 2 heterocycles. The number of aromatic nitrogens is 1. The number of ether oxygens (including phenoxy) is 1. The molecule has 0 radical (unpaired) electrons. The third-order valence-corrected chi connectivity index (χ3v) is 4.20. The van der Waals surface area contributed by atoms with E-state index in [2.05, 4.69) is 17.1 Å². The molecule has 1 atom stereocenters. The molecule has 0 N–H and O–H groups in total. The molecule has 0 spiro atoms. The van der Waals surface area contributed by atoms with Gasteiger partial charge < -0.3 is 14.1 Å². The number of methoxy groups -OCH3 is 1. The maximum atomic E-state index is 12.4. The largest absolute Gasteiger partial charge is 0.497 e. The van der Waals surface area contributed by atoms with E-state index < -0.39 is 0 Å². The predicted molar refractivity (Wildman–Crippen MR) is 81.9 cm³/mol. The van der Waals surface area contributed by atoms with Gasteiger partial charge in [0.05, 0.1) is 12.8 Å². The van der Waals surface area contributed by atoms with Crippen LogP contribution in [0, 0.1) is 12.8 Å². The summed E-state index contributed by atoms with van der Waals surface area (Å²) in [4.78, 5) is 18.2. The van der Waals surface area contributed by atoms with E-state index >= 15 is 0 Å². The number of likely N-dealkylation sites (tertiary alicyclic amines) is 1. The summed E-state index contributed by atoms with van der Waals surface area (Å²) in [6, 6.07) is 8.13. The molecule has 116 valence electrons. The standard InChI is InChI=1S/C17H20N2O3/c1-12-16(22-11-18-12)17(20)19-8-7-14(10-19)9-13-3-5-15(21-2)6-4-13/h3-6,11,14H,7-10H2,1-2H3. The van der Waals surface area contributed by atoms with Gasteiger partial charge in [-0.1, -0.05) is 12.1 Å². The molecule has 0 bridgehead atoms. The molecule has 1 amide bonds. The number of nitrogens with zero attached hydrogens (tertiary/aromatic N) is 2. The fourth-order valence-corrected chi connectivity index (χ4v) is 2.93. The Labute approximate surface area is 129 Å². The summed E-state index contributed by atoms with van der Waals surface area (Å²) in [5.74, 6) is 1.67. The zero-order valence-electron chi connectivity index (χ0n) is 12.9. The first-order valence-electron chi connectivity index (χ1n) is 7.49. The van der Waals surface area contributed by atoms with Crippen molar-refractivity contribution in [3.63, 3.8) is 0 Å². The van der Waals surface area contributed by atoms with Crippen molar-refractivity contribution in [1.82, 2.24) is 9.88 Å². The first-order chi connectivity index (χ1) is 10.7. The van der Waals surface area contributed by atoms with Gasteiger partial charge in [-0.2, -0.15) is 0 Å². The minimum atomic E-state index is -0.0489. The van der Waals surface area contributed by atoms with Gasteiger partial charge in [-0.05, 0) is 43.4 Å². The highest BCUT2D eigenvalue weighted by atomic mass is 16.5.